The highest BCUT2D eigenvalue weighted by Gasteiger charge is 2.47. The third-order valence-electron chi connectivity index (χ3n) is 3.58. The number of Topliss-reactive ketones (excluding diaryl/α,β-unsaturated/α-hetero) is 1. The molecule has 1 saturated heterocycles. The number of rotatable bonds is 6. The van der Waals surface area contributed by atoms with Crippen LogP contribution in [0.4, 0.5) is 0 Å². The van der Waals surface area contributed by atoms with Gasteiger partial charge >= 0.3 is 5.97 Å². The molecule has 1 aromatic rings. The number of carbonyl (C=O) groups is 2. The van der Waals surface area contributed by atoms with Gasteiger partial charge in [-0.05, 0) is 26.3 Å². The summed E-state index contributed by atoms with van der Waals surface area (Å²) in [6.45, 7) is 6.90. The van der Waals surface area contributed by atoms with Crippen LogP contribution in [0.5, 0.6) is 0 Å². The molecule has 0 N–H and O–H groups in total. The van der Waals surface area contributed by atoms with Crippen LogP contribution in [0, 0.1) is 0 Å². The summed E-state index contributed by atoms with van der Waals surface area (Å²) in [4.78, 5) is 24.0. The van der Waals surface area contributed by atoms with E-state index in [1.807, 2.05) is 44.2 Å². The third kappa shape index (κ3) is 4.87. The van der Waals surface area contributed by atoms with Crippen LogP contribution in [0.1, 0.15) is 33.3 Å². The van der Waals surface area contributed by atoms with E-state index in [9.17, 15) is 9.59 Å². The summed E-state index contributed by atoms with van der Waals surface area (Å²) in [5.74, 6) is -0.858. The van der Waals surface area contributed by atoms with Crippen molar-refractivity contribution in [3.05, 3.63) is 35.9 Å². The van der Waals surface area contributed by atoms with E-state index in [0.717, 1.165) is 5.56 Å². The first kappa shape index (κ1) is 18.6. The van der Waals surface area contributed by atoms with Gasteiger partial charge in [-0.15, -0.1) is 0 Å². The van der Waals surface area contributed by atoms with Crippen LogP contribution in [0.3, 0.4) is 0 Å². The van der Waals surface area contributed by atoms with Gasteiger partial charge in [0, 0.05) is 6.92 Å². The number of hydrogen-bond acceptors (Lipinski definition) is 6. The fourth-order valence-electron chi connectivity index (χ4n) is 2.51. The van der Waals surface area contributed by atoms with E-state index in [4.69, 9.17) is 18.9 Å². The van der Waals surface area contributed by atoms with Gasteiger partial charge < -0.3 is 18.9 Å². The zero-order chi connectivity index (χ0) is 17.7. The van der Waals surface area contributed by atoms with Crippen LogP contribution in [0.25, 0.3) is 0 Å². The third-order valence-corrected chi connectivity index (χ3v) is 3.58. The first-order chi connectivity index (χ1) is 11.4. The molecule has 1 aliphatic rings. The van der Waals surface area contributed by atoms with Crippen molar-refractivity contribution >= 4 is 11.8 Å². The van der Waals surface area contributed by atoms with Crippen molar-refractivity contribution in [2.45, 2.75) is 65.0 Å². The molecule has 1 heterocycles. The molecular formula is C18H24O6. The molecule has 2 rings (SSSR count). The fraction of sp³-hybridized carbons (Fsp3) is 0.556. The summed E-state index contributed by atoms with van der Waals surface area (Å²) in [6.07, 6.45) is -3.44. The average Bonchev–Trinajstić information content (AvgIpc) is 2.52. The van der Waals surface area contributed by atoms with Crippen molar-refractivity contribution in [3.63, 3.8) is 0 Å². The number of benzene rings is 1. The van der Waals surface area contributed by atoms with Crippen molar-refractivity contribution in [1.29, 1.82) is 0 Å². The lowest BCUT2D eigenvalue weighted by atomic mass is 10.0. The molecule has 132 valence electrons. The van der Waals surface area contributed by atoms with E-state index >= 15 is 0 Å². The predicted octanol–water partition coefficient (Wildman–Crippen LogP) is 2.24. The minimum Gasteiger partial charge on any atom is -0.457 e. The highest BCUT2D eigenvalue weighted by molar-refractivity contribution is 5.88. The molecule has 4 atom stereocenters. The second-order valence-corrected chi connectivity index (χ2v) is 6.05. The van der Waals surface area contributed by atoms with Crippen LogP contribution in [-0.4, -0.2) is 42.5 Å². The van der Waals surface area contributed by atoms with Crippen LogP contribution in [0.15, 0.2) is 30.3 Å². The summed E-state index contributed by atoms with van der Waals surface area (Å²) in [6, 6.07) is 9.48. The van der Waals surface area contributed by atoms with Crippen molar-refractivity contribution in [2.75, 3.05) is 0 Å². The molecule has 0 saturated carbocycles. The van der Waals surface area contributed by atoms with Crippen molar-refractivity contribution < 1.29 is 28.5 Å². The van der Waals surface area contributed by atoms with Crippen LogP contribution >= 0.6 is 0 Å². The Labute approximate surface area is 142 Å². The maximum atomic E-state index is 12.7. The van der Waals surface area contributed by atoms with E-state index in [1.165, 1.54) is 6.92 Å². The summed E-state index contributed by atoms with van der Waals surface area (Å²) >= 11 is 0. The van der Waals surface area contributed by atoms with Crippen LogP contribution < -0.4 is 0 Å². The molecule has 0 radical (unpaired) electrons. The summed E-state index contributed by atoms with van der Waals surface area (Å²) in [5, 5.41) is 0. The molecule has 1 aliphatic heterocycles. The molecule has 0 spiro atoms. The van der Waals surface area contributed by atoms with Gasteiger partial charge in [0.25, 0.3) is 0 Å². The maximum Gasteiger partial charge on any atom is 0.303 e. The molecule has 1 fully saturated rings. The van der Waals surface area contributed by atoms with E-state index < -0.39 is 30.6 Å². The number of carbonyl (C=O) groups excluding carboxylic acids is 2. The first-order valence-electron chi connectivity index (χ1n) is 8.06. The van der Waals surface area contributed by atoms with Gasteiger partial charge in [-0.25, -0.2) is 0 Å². The minimum atomic E-state index is -1.02. The van der Waals surface area contributed by atoms with Gasteiger partial charge in [0.1, 0.15) is 0 Å². The Morgan fingerprint density at radius 3 is 2.50 bits per heavy atom. The number of esters is 1. The predicted molar refractivity (Wildman–Crippen MR) is 86.1 cm³/mol. The Morgan fingerprint density at radius 2 is 1.92 bits per heavy atom. The van der Waals surface area contributed by atoms with Gasteiger partial charge in [-0.2, -0.15) is 0 Å². The zero-order valence-corrected chi connectivity index (χ0v) is 14.4. The van der Waals surface area contributed by atoms with Gasteiger partial charge in [0.15, 0.2) is 12.2 Å². The minimum absolute atomic E-state index is 0.175. The number of hydrogen-bond donors (Lipinski definition) is 0. The number of ketones is 1. The highest BCUT2D eigenvalue weighted by atomic mass is 16.7. The van der Waals surface area contributed by atoms with E-state index in [1.54, 1.807) is 6.92 Å². The Kier molecular flexibility index (Phi) is 6.48. The molecule has 0 bridgehead atoms. The number of ether oxygens (including phenoxy) is 4. The van der Waals surface area contributed by atoms with Crippen molar-refractivity contribution in [2.24, 2.45) is 0 Å². The molecule has 6 nitrogen and oxygen atoms in total. The molecular weight excluding hydrogens is 312 g/mol. The Morgan fingerprint density at radius 1 is 1.25 bits per heavy atom. The summed E-state index contributed by atoms with van der Waals surface area (Å²) in [7, 11) is 0. The Balaban J connectivity index is 2.14. The van der Waals surface area contributed by atoms with Gasteiger partial charge in [-0.3, -0.25) is 9.59 Å². The van der Waals surface area contributed by atoms with Crippen LogP contribution in [-0.2, 0) is 35.1 Å². The van der Waals surface area contributed by atoms with Crippen molar-refractivity contribution in [3.8, 4) is 0 Å². The average molecular weight is 336 g/mol. The lowest BCUT2D eigenvalue weighted by Gasteiger charge is -2.38. The molecule has 1 aromatic carbocycles. The van der Waals surface area contributed by atoms with Gasteiger partial charge in [-0.1, -0.05) is 30.3 Å². The smallest absolute Gasteiger partial charge is 0.303 e. The molecule has 0 aliphatic carbocycles. The molecule has 0 amide bonds. The van der Waals surface area contributed by atoms with Gasteiger partial charge in [0.05, 0.1) is 18.8 Å². The normalized spacial score (nSPS) is 27.3. The Hall–Kier alpha value is -1.76. The first-order valence-corrected chi connectivity index (χ1v) is 8.06. The largest absolute Gasteiger partial charge is 0.457 e. The zero-order valence-electron chi connectivity index (χ0n) is 14.4. The molecule has 0 aromatic heterocycles. The second kappa shape index (κ2) is 8.37. The monoisotopic (exact) mass is 336 g/mol. The molecule has 24 heavy (non-hydrogen) atoms. The topological polar surface area (TPSA) is 71.1 Å². The van der Waals surface area contributed by atoms with E-state index in [-0.39, 0.29) is 18.5 Å². The summed E-state index contributed by atoms with van der Waals surface area (Å²) < 4.78 is 22.1. The van der Waals surface area contributed by atoms with Gasteiger partial charge in [0.2, 0.25) is 12.1 Å². The van der Waals surface area contributed by atoms with Crippen LogP contribution in [0.2, 0.25) is 0 Å². The lowest BCUT2D eigenvalue weighted by Crippen LogP contribution is -2.57. The highest BCUT2D eigenvalue weighted by Crippen LogP contribution is 2.25. The lowest BCUT2D eigenvalue weighted by molar-refractivity contribution is -0.248. The second-order valence-electron chi connectivity index (χ2n) is 6.05. The Bertz CT molecular complexity index is 556. The maximum absolute atomic E-state index is 12.7. The molecule has 6 heteroatoms. The van der Waals surface area contributed by atoms with E-state index in [2.05, 4.69) is 0 Å². The fourth-order valence-corrected chi connectivity index (χ4v) is 2.51. The molecule has 0 unspecified atom stereocenters. The van der Waals surface area contributed by atoms with Crippen molar-refractivity contribution in [1.82, 2.24) is 0 Å². The quantitative estimate of drug-likeness (QED) is 0.742. The SMILES string of the molecule is CC(=O)O[C@H]1[C@H](C)O[C@H](OC(C)C)C(=O)[C@@H]1OCc1ccccc1. The summed E-state index contributed by atoms with van der Waals surface area (Å²) in [5.41, 5.74) is 0.923. The van der Waals surface area contributed by atoms with E-state index in [0.29, 0.717) is 0 Å². The standard InChI is InChI=1S/C18H24O6/c1-11(2)22-18-15(20)17(16(12(3)23-18)24-13(4)19)21-10-14-8-6-5-7-9-14/h5-9,11-12,16-18H,10H2,1-4H3/t12-,16-,17-,18-/m0/s1.